The Balaban J connectivity index is 1.18. The van der Waals surface area contributed by atoms with Crippen LogP contribution in [-0.2, 0) is 25.7 Å². The first-order chi connectivity index (χ1) is 18.2. The van der Waals surface area contributed by atoms with Gasteiger partial charge in [-0.1, -0.05) is 30.3 Å². The van der Waals surface area contributed by atoms with Gasteiger partial charge in [0.05, 0.1) is 12.9 Å². The minimum absolute atomic E-state index is 0.0789. The molecule has 1 aromatic carbocycles. The largest absolute Gasteiger partial charge is 0.459 e. The Morgan fingerprint density at radius 1 is 1.03 bits per heavy atom. The molecule has 3 aliphatic rings. The number of nitrogens with zero attached hydrogens (tertiary/aromatic N) is 6. The maximum atomic E-state index is 13.5. The van der Waals surface area contributed by atoms with Crippen molar-refractivity contribution in [3.05, 3.63) is 48.5 Å². The molecule has 0 N–H and O–H groups in total. The summed E-state index contributed by atoms with van der Waals surface area (Å²) in [6.07, 6.45) is 9.71. The van der Waals surface area contributed by atoms with Crippen LogP contribution in [0.1, 0.15) is 56.7 Å². The highest BCUT2D eigenvalue weighted by atomic mass is 16.5. The van der Waals surface area contributed by atoms with Gasteiger partial charge in [-0.3, -0.25) is 9.36 Å². The molecule has 3 fully saturated rings. The highest BCUT2D eigenvalue weighted by Crippen LogP contribution is 2.35. The van der Waals surface area contributed by atoms with Gasteiger partial charge < -0.3 is 19.3 Å². The lowest BCUT2D eigenvalue weighted by atomic mass is 10.2. The van der Waals surface area contributed by atoms with E-state index in [1.165, 1.54) is 6.33 Å². The summed E-state index contributed by atoms with van der Waals surface area (Å²) >= 11 is 0. The summed E-state index contributed by atoms with van der Waals surface area (Å²) in [6.45, 7) is 1.63. The van der Waals surface area contributed by atoms with Crippen molar-refractivity contribution in [1.29, 1.82) is 0 Å². The lowest BCUT2D eigenvalue weighted by Crippen LogP contribution is -2.47. The number of carbonyl (C=O) groups is 2. The second-order valence-corrected chi connectivity index (χ2v) is 10.0. The van der Waals surface area contributed by atoms with E-state index in [1.807, 2.05) is 39.8 Å². The monoisotopic (exact) mass is 504 g/mol. The van der Waals surface area contributed by atoms with Crippen molar-refractivity contribution < 1.29 is 19.1 Å². The molecule has 10 heteroatoms. The summed E-state index contributed by atoms with van der Waals surface area (Å²) in [4.78, 5) is 43.8. The van der Waals surface area contributed by atoms with Crippen LogP contribution in [0.4, 0.5) is 5.82 Å². The quantitative estimate of drug-likeness (QED) is 0.431. The molecule has 3 aromatic rings. The molecule has 1 amide bonds. The van der Waals surface area contributed by atoms with Gasteiger partial charge >= 0.3 is 5.97 Å². The average Bonchev–Trinajstić information content (AvgIpc) is 3.49. The van der Waals surface area contributed by atoms with Crippen molar-refractivity contribution in [3.8, 4) is 0 Å². The van der Waals surface area contributed by atoms with Crippen LogP contribution in [0.3, 0.4) is 0 Å². The van der Waals surface area contributed by atoms with Gasteiger partial charge in [-0.15, -0.1) is 0 Å². The molecule has 2 saturated heterocycles. The minimum atomic E-state index is -0.551. The van der Waals surface area contributed by atoms with Crippen molar-refractivity contribution >= 4 is 28.9 Å². The number of fused-ring (bicyclic) bond motifs is 1. The SMILES string of the molecule is O=C(OCc1ccccc1)[C@@H]1CCCN1C(=O)CN(c1ncnc2c1ncn2C1CCCCO1)C1CC1. The van der Waals surface area contributed by atoms with Gasteiger partial charge in [0, 0.05) is 19.2 Å². The molecule has 0 radical (unpaired) electrons. The number of ether oxygens (including phenoxy) is 2. The van der Waals surface area contributed by atoms with Crippen LogP contribution in [0.5, 0.6) is 0 Å². The smallest absolute Gasteiger partial charge is 0.329 e. The second kappa shape index (κ2) is 10.5. The van der Waals surface area contributed by atoms with Crippen LogP contribution in [0.2, 0.25) is 0 Å². The van der Waals surface area contributed by atoms with Crippen LogP contribution in [0.15, 0.2) is 43.0 Å². The van der Waals surface area contributed by atoms with Crippen molar-refractivity contribution in [1.82, 2.24) is 24.4 Å². The molecule has 1 aliphatic carbocycles. The predicted molar refractivity (Wildman–Crippen MR) is 136 cm³/mol. The molecular formula is C27H32N6O4. The Hall–Kier alpha value is -3.53. The molecule has 0 spiro atoms. The van der Waals surface area contributed by atoms with Gasteiger partial charge in [-0.05, 0) is 50.5 Å². The molecule has 6 rings (SSSR count). The van der Waals surface area contributed by atoms with Crippen LogP contribution >= 0.6 is 0 Å². The molecule has 0 bridgehead atoms. The summed E-state index contributed by atoms with van der Waals surface area (Å²) in [7, 11) is 0. The Morgan fingerprint density at radius 2 is 1.89 bits per heavy atom. The third-order valence-corrected chi connectivity index (χ3v) is 7.44. The summed E-state index contributed by atoms with van der Waals surface area (Å²) < 4.78 is 13.5. The standard InChI is InChI=1S/C27H32N6O4/c34-22(31-13-6-9-21(31)27(35)37-16-19-7-2-1-3-8-19)15-32(20-11-12-20)25-24-26(29-17-28-25)33(18-30-24)23-10-4-5-14-36-23/h1-3,7-8,17-18,20-21,23H,4-6,9-16H2/t21-,23?/m0/s1. The maximum Gasteiger partial charge on any atom is 0.329 e. The Labute approximate surface area is 215 Å². The molecule has 194 valence electrons. The summed E-state index contributed by atoms with van der Waals surface area (Å²) in [6, 6.07) is 9.26. The van der Waals surface area contributed by atoms with E-state index in [9.17, 15) is 9.59 Å². The van der Waals surface area contributed by atoms with Gasteiger partial charge in [0.15, 0.2) is 17.0 Å². The van der Waals surface area contributed by atoms with E-state index in [4.69, 9.17) is 9.47 Å². The number of anilines is 1. The molecule has 37 heavy (non-hydrogen) atoms. The van der Waals surface area contributed by atoms with Gasteiger partial charge in [0.1, 0.15) is 25.2 Å². The molecule has 4 heterocycles. The Bertz CT molecular complexity index is 1250. The number of amides is 1. The van der Waals surface area contributed by atoms with Gasteiger partial charge in [-0.25, -0.2) is 19.7 Å². The zero-order valence-electron chi connectivity index (χ0n) is 20.9. The number of esters is 1. The highest BCUT2D eigenvalue weighted by molar-refractivity contribution is 5.90. The number of likely N-dealkylation sites (tertiary alicyclic amines) is 1. The first-order valence-corrected chi connectivity index (χ1v) is 13.2. The number of hydrogen-bond acceptors (Lipinski definition) is 8. The number of carbonyl (C=O) groups excluding carboxylic acids is 2. The lowest BCUT2D eigenvalue weighted by Gasteiger charge is -2.28. The normalized spacial score (nSPS) is 21.8. The second-order valence-electron chi connectivity index (χ2n) is 10.0. The molecule has 1 saturated carbocycles. The van der Waals surface area contributed by atoms with Crippen molar-refractivity contribution in [2.45, 2.75) is 69.9 Å². The number of imidazole rings is 1. The number of benzene rings is 1. The van der Waals surface area contributed by atoms with E-state index in [0.717, 1.165) is 56.3 Å². The molecule has 2 atom stereocenters. The van der Waals surface area contributed by atoms with Crippen molar-refractivity contribution in [2.75, 3.05) is 24.6 Å². The molecule has 2 aromatic heterocycles. The van der Waals surface area contributed by atoms with Crippen molar-refractivity contribution in [2.24, 2.45) is 0 Å². The first kappa shape index (κ1) is 23.8. The van der Waals surface area contributed by atoms with E-state index >= 15 is 0 Å². The Kier molecular flexibility index (Phi) is 6.73. The highest BCUT2D eigenvalue weighted by Gasteiger charge is 2.39. The third kappa shape index (κ3) is 5.02. The molecule has 1 unspecified atom stereocenters. The van der Waals surface area contributed by atoms with E-state index in [2.05, 4.69) is 15.0 Å². The molecule has 2 aliphatic heterocycles. The van der Waals surface area contributed by atoms with E-state index in [1.54, 1.807) is 11.2 Å². The van der Waals surface area contributed by atoms with E-state index in [-0.39, 0.29) is 37.3 Å². The predicted octanol–water partition coefficient (Wildman–Crippen LogP) is 3.23. The maximum absolute atomic E-state index is 13.5. The summed E-state index contributed by atoms with van der Waals surface area (Å²) in [5.41, 5.74) is 2.33. The van der Waals surface area contributed by atoms with Gasteiger partial charge in [-0.2, -0.15) is 0 Å². The van der Waals surface area contributed by atoms with Crippen LogP contribution in [-0.4, -0.2) is 68.1 Å². The first-order valence-electron chi connectivity index (χ1n) is 13.2. The van der Waals surface area contributed by atoms with Crippen LogP contribution < -0.4 is 4.90 Å². The van der Waals surface area contributed by atoms with Gasteiger partial charge in [0.25, 0.3) is 0 Å². The van der Waals surface area contributed by atoms with Crippen LogP contribution in [0, 0.1) is 0 Å². The van der Waals surface area contributed by atoms with E-state index in [0.29, 0.717) is 24.3 Å². The zero-order valence-corrected chi connectivity index (χ0v) is 20.9. The van der Waals surface area contributed by atoms with E-state index < -0.39 is 6.04 Å². The van der Waals surface area contributed by atoms with Crippen molar-refractivity contribution in [3.63, 3.8) is 0 Å². The minimum Gasteiger partial charge on any atom is -0.459 e. The summed E-state index contributed by atoms with van der Waals surface area (Å²) in [5, 5.41) is 0. The lowest BCUT2D eigenvalue weighted by molar-refractivity contribution is -0.154. The van der Waals surface area contributed by atoms with Crippen LogP contribution in [0.25, 0.3) is 11.2 Å². The number of hydrogen-bond donors (Lipinski definition) is 0. The molecule has 10 nitrogen and oxygen atoms in total. The van der Waals surface area contributed by atoms with Gasteiger partial charge in [0.2, 0.25) is 5.91 Å². The topological polar surface area (TPSA) is 103 Å². The fourth-order valence-electron chi connectivity index (χ4n) is 5.34. The third-order valence-electron chi connectivity index (χ3n) is 7.44. The summed E-state index contributed by atoms with van der Waals surface area (Å²) in [5.74, 6) is 0.231. The fraction of sp³-hybridized carbons (Fsp3) is 0.519. The average molecular weight is 505 g/mol. The fourth-order valence-corrected chi connectivity index (χ4v) is 5.34. The zero-order chi connectivity index (χ0) is 25.2. The molecular weight excluding hydrogens is 472 g/mol. The number of rotatable bonds is 8. The number of aromatic nitrogens is 4. The Morgan fingerprint density at radius 3 is 2.68 bits per heavy atom.